The molecular weight excluding hydrogens is 282 g/mol. The summed E-state index contributed by atoms with van der Waals surface area (Å²) in [5, 5.41) is 25.4. The first-order chi connectivity index (χ1) is 9.81. The zero-order chi connectivity index (χ0) is 16.4. The number of aliphatic carboxylic acids is 2. The van der Waals surface area contributed by atoms with E-state index < -0.39 is 18.0 Å². The smallest absolute Gasteiger partial charge is 0.320 e. The molecule has 21 heavy (non-hydrogen) atoms. The van der Waals surface area contributed by atoms with Crippen LogP contribution in [0.5, 0.6) is 11.5 Å². The second kappa shape index (κ2) is 9.32. The van der Waals surface area contributed by atoms with Crippen LogP contribution in [0.4, 0.5) is 0 Å². The molecule has 0 amide bonds. The average molecular weight is 299 g/mol. The Balaban J connectivity index is 0.000000384. The van der Waals surface area contributed by atoms with Gasteiger partial charge in [-0.25, -0.2) is 0 Å². The Bertz CT molecular complexity index is 501. The van der Waals surface area contributed by atoms with E-state index in [-0.39, 0.29) is 18.6 Å². The molecule has 0 aromatic heterocycles. The molecule has 1 aromatic carbocycles. The Morgan fingerprint density at radius 1 is 1.38 bits per heavy atom. The first-order valence-corrected chi connectivity index (χ1v) is 5.84. The lowest BCUT2D eigenvalue weighted by atomic mass is 10.2. The molecule has 0 unspecified atom stereocenters. The van der Waals surface area contributed by atoms with Gasteiger partial charge < -0.3 is 25.8 Å². The van der Waals surface area contributed by atoms with Crippen LogP contribution in [-0.2, 0) is 9.59 Å². The summed E-state index contributed by atoms with van der Waals surface area (Å²) in [5.74, 6) is -1.84. The van der Waals surface area contributed by atoms with Gasteiger partial charge in [-0.3, -0.25) is 14.4 Å². The first-order valence-electron chi connectivity index (χ1n) is 5.84. The third-order valence-corrected chi connectivity index (χ3v) is 2.33. The number of phenols is 1. The molecule has 8 heteroatoms. The molecule has 0 saturated carbocycles. The van der Waals surface area contributed by atoms with Crippen LogP contribution < -0.4 is 10.5 Å². The topological polar surface area (TPSA) is 147 Å². The Labute approximate surface area is 120 Å². The number of rotatable bonds is 6. The molecule has 0 spiro atoms. The second-order valence-electron chi connectivity index (χ2n) is 3.93. The summed E-state index contributed by atoms with van der Waals surface area (Å²) >= 11 is 0. The van der Waals surface area contributed by atoms with Gasteiger partial charge in [0.05, 0.1) is 7.11 Å². The van der Waals surface area contributed by atoms with E-state index in [0.29, 0.717) is 17.6 Å². The molecular formula is C13H17NO7. The molecule has 0 radical (unpaired) electrons. The van der Waals surface area contributed by atoms with Gasteiger partial charge in [0.15, 0.2) is 11.5 Å². The van der Waals surface area contributed by atoms with E-state index in [2.05, 4.69) is 0 Å². The molecule has 0 bridgehead atoms. The van der Waals surface area contributed by atoms with Crippen LogP contribution in [0.15, 0.2) is 18.2 Å². The van der Waals surface area contributed by atoms with E-state index in [4.69, 9.17) is 25.8 Å². The zero-order valence-corrected chi connectivity index (χ0v) is 11.4. The lowest BCUT2D eigenvalue weighted by molar-refractivity contribution is -0.139. The molecule has 1 rings (SSSR count). The number of aromatic hydroxyl groups is 1. The maximum atomic E-state index is 10.2. The number of hydrogen-bond donors (Lipinski definition) is 4. The number of methoxy groups -OCH3 is 1. The minimum atomic E-state index is -1.17. The van der Waals surface area contributed by atoms with Gasteiger partial charge in [0.1, 0.15) is 12.3 Å². The van der Waals surface area contributed by atoms with Crippen molar-refractivity contribution in [3.8, 4) is 11.5 Å². The number of carboxylic acid groups (broad SMARTS) is 2. The molecule has 1 aromatic rings. The quantitative estimate of drug-likeness (QED) is 0.554. The Kier molecular flexibility index (Phi) is 8.16. The summed E-state index contributed by atoms with van der Waals surface area (Å²) in [5.41, 5.74) is 5.49. The van der Waals surface area contributed by atoms with Crippen LogP contribution >= 0.6 is 0 Å². The van der Waals surface area contributed by atoms with Gasteiger partial charge in [0.25, 0.3) is 0 Å². The maximum absolute atomic E-state index is 10.2. The highest BCUT2D eigenvalue weighted by molar-refractivity contribution is 5.76. The van der Waals surface area contributed by atoms with E-state index >= 15 is 0 Å². The molecule has 116 valence electrons. The average Bonchev–Trinajstić information content (AvgIpc) is 2.45. The van der Waals surface area contributed by atoms with Crippen molar-refractivity contribution in [3.05, 3.63) is 23.8 Å². The largest absolute Gasteiger partial charge is 0.504 e. The predicted octanol–water partition coefficient (Wildman–Crippen LogP) is 0.476. The molecule has 0 saturated heterocycles. The van der Waals surface area contributed by atoms with Crippen LogP contribution in [-0.4, -0.2) is 46.7 Å². The van der Waals surface area contributed by atoms with Gasteiger partial charge >= 0.3 is 11.9 Å². The molecule has 0 aliphatic carbocycles. The number of hydrogen-bond acceptors (Lipinski definition) is 6. The maximum Gasteiger partial charge on any atom is 0.320 e. The van der Waals surface area contributed by atoms with Crippen LogP contribution in [0, 0.1) is 0 Å². The van der Waals surface area contributed by atoms with Gasteiger partial charge in [-0.1, -0.05) is 0 Å². The van der Waals surface area contributed by atoms with Crippen LogP contribution in [0.3, 0.4) is 0 Å². The van der Waals surface area contributed by atoms with Gasteiger partial charge in [-0.05, 0) is 24.6 Å². The third kappa shape index (κ3) is 7.53. The van der Waals surface area contributed by atoms with Crippen molar-refractivity contribution in [1.82, 2.24) is 0 Å². The van der Waals surface area contributed by atoms with Crippen molar-refractivity contribution in [2.24, 2.45) is 5.73 Å². The third-order valence-electron chi connectivity index (χ3n) is 2.33. The van der Waals surface area contributed by atoms with Gasteiger partial charge in [0.2, 0.25) is 0 Å². The summed E-state index contributed by atoms with van der Waals surface area (Å²) in [6.07, 6.45) is 0.472. The fourth-order valence-electron chi connectivity index (χ4n) is 1.17. The summed E-state index contributed by atoms with van der Waals surface area (Å²) < 4.78 is 4.78. The van der Waals surface area contributed by atoms with E-state index in [1.54, 1.807) is 0 Å². The molecule has 0 fully saturated rings. The standard InChI is InChI=1S/C8H8O3.C5H9NO4/c1-11-8-4-6(5-9)2-3-7(8)10;6-3(5(9)10)1-2-4(7)8/h2-5,10H,1H3;3H,1-2,6H2,(H,7,8)(H,9,10)/t;3-/m.0/s1. The van der Waals surface area contributed by atoms with Crippen LogP contribution in [0.2, 0.25) is 0 Å². The number of nitrogens with two attached hydrogens (primary N) is 1. The predicted molar refractivity (Wildman–Crippen MR) is 72.5 cm³/mol. The van der Waals surface area contributed by atoms with Crippen molar-refractivity contribution in [3.63, 3.8) is 0 Å². The molecule has 0 aliphatic rings. The molecule has 0 aliphatic heterocycles. The minimum Gasteiger partial charge on any atom is -0.504 e. The summed E-state index contributed by atoms with van der Waals surface area (Å²) in [7, 11) is 1.43. The lowest BCUT2D eigenvalue weighted by Gasteiger charge is -2.01. The second-order valence-corrected chi connectivity index (χ2v) is 3.93. The van der Waals surface area contributed by atoms with Crippen molar-refractivity contribution >= 4 is 18.2 Å². The number of aldehydes is 1. The van der Waals surface area contributed by atoms with Crippen LogP contribution in [0.1, 0.15) is 23.2 Å². The zero-order valence-electron chi connectivity index (χ0n) is 11.4. The SMILES string of the molecule is COc1cc(C=O)ccc1O.N[C@@H](CCC(=O)O)C(=O)O. The van der Waals surface area contributed by atoms with Crippen molar-refractivity contribution in [1.29, 1.82) is 0 Å². The Morgan fingerprint density at radius 3 is 2.43 bits per heavy atom. The van der Waals surface area contributed by atoms with E-state index in [1.165, 1.54) is 25.3 Å². The van der Waals surface area contributed by atoms with E-state index in [1.807, 2.05) is 0 Å². The van der Waals surface area contributed by atoms with E-state index in [0.717, 1.165) is 0 Å². The van der Waals surface area contributed by atoms with Crippen molar-refractivity contribution < 1.29 is 34.4 Å². The first kappa shape index (κ1) is 18.4. The Morgan fingerprint density at radius 2 is 2.00 bits per heavy atom. The monoisotopic (exact) mass is 299 g/mol. The van der Waals surface area contributed by atoms with Gasteiger partial charge in [-0.2, -0.15) is 0 Å². The molecule has 1 atom stereocenters. The summed E-state index contributed by atoms with van der Waals surface area (Å²) in [6, 6.07) is 3.35. The lowest BCUT2D eigenvalue weighted by Crippen LogP contribution is -2.30. The Hall–Kier alpha value is -2.61. The summed E-state index contributed by atoms with van der Waals surface area (Å²) in [4.78, 5) is 30.1. The van der Waals surface area contributed by atoms with Crippen LogP contribution in [0.25, 0.3) is 0 Å². The molecule has 0 heterocycles. The number of ether oxygens (including phenoxy) is 1. The normalized spacial score (nSPS) is 10.8. The highest BCUT2D eigenvalue weighted by Gasteiger charge is 2.12. The van der Waals surface area contributed by atoms with Gasteiger partial charge in [-0.15, -0.1) is 0 Å². The fourth-order valence-corrected chi connectivity index (χ4v) is 1.17. The molecule has 8 nitrogen and oxygen atoms in total. The van der Waals surface area contributed by atoms with Crippen molar-refractivity contribution in [2.45, 2.75) is 18.9 Å². The number of carbonyl (C=O) groups excluding carboxylic acids is 1. The van der Waals surface area contributed by atoms with Gasteiger partial charge in [0, 0.05) is 12.0 Å². The fraction of sp³-hybridized carbons (Fsp3) is 0.308. The number of benzene rings is 1. The summed E-state index contributed by atoms with van der Waals surface area (Å²) in [6.45, 7) is 0. The highest BCUT2D eigenvalue weighted by Crippen LogP contribution is 2.25. The minimum absolute atomic E-state index is 0.0231. The van der Waals surface area contributed by atoms with Crippen molar-refractivity contribution in [2.75, 3.05) is 7.11 Å². The number of carbonyl (C=O) groups is 3. The number of phenolic OH excluding ortho intramolecular Hbond substituents is 1. The molecule has 5 N–H and O–H groups in total. The van der Waals surface area contributed by atoms with E-state index in [9.17, 15) is 14.4 Å². The number of carboxylic acids is 2. The highest BCUT2D eigenvalue weighted by atomic mass is 16.5.